The second kappa shape index (κ2) is 7.28. The van der Waals surface area contributed by atoms with E-state index in [1.807, 2.05) is 13.8 Å². The van der Waals surface area contributed by atoms with Crippen molar-refractivity contribution in [2.24, 2.45) is 17.6 Å². The number of rotatable bonds is 6. The summed E-state index contributed by atoms with van der Waals surface area (Å²) in [6, 6.07) is 1.76. The number of anilines is 1. The van der Waals surface area contributed by atoms with E-state index >= 15 is 0 Å². The van der Waals surface area contributed by atoms with Crippen LogP contribution in [0, 0.1) is 29.3 Å². The van der Waals surface area contributed by atoms with E-state index in [9.17, 15) is 18.0 Å². The highest BCUT2D eigenvalue weighted by Gasteiger charge is 2.18. The van der Waals surface area contributed by atoms with Crippen LogP contribution in [0.15, 0.2) is 12.1 Å². The summed E-state index contributed by atoms with van der Waals surface area (Å²) in [5, 5.41) is 2.24. The molecule has 1 atom stereocenters. The Morgan fingerprint density at radius 3 is 2.45 bits per heavy atom. The number of amides is 1. The number of carbonyl (C=O) groups excluding carboxylic acids is 1. The third-order valence-corrected chi connectivity index (χ3v) is 2.92. The maximum Gasteiger partial charge on any atom is 0.224 e. The highest BCUT2D eigenvalue weighted by atomic mass is 19.2. The second-order valence-corrected chi connectivity index (χ2v) is 5.21. The zero-order chi connectivity index (χ0) is 15.3. The quantitative estimate of drug-likeness (QED) is 0.790. The molecule has 0 saturated heterocycles. The summed E-state index contributed by atoms with van der Waals surface area (Å²) in [6.45, 7) is 4.36. The number of nitrogens with one attached hydrogen (secondary N) is 1. The fraction of sp³-hybridized carbons (Fsp3) is 0.500. The van der Waals surface area contributed by atoms with Crippen LogP contribution in [-0.4, -0.2) is 12.5 Å². The largest absolute Gasteiger partial charge is 0.330 e. The molecule has 0 aromatic heterocycles. The van der Waals surface area contributed by atoms with E-state index in [1.54, 1.807) is 0 Å². The molecule has 0 saturated carbocycles. The van der Waals surface area contributed by atoms with Crippen LogP contribution in [0.25, 0.3) is 0 Å². The van der Waals surface area contributed by atoms with E-state index in [4.69, 9.17) is 5.73 Å². The summed E-state index contributed by atoms with van der Waals surface area (Å²) in [5.74, 6) is -4.39. The van der Waals surface area contributed by atoms with Gasteiger partial charge in [-0.3, -0.25) is 4.79 Å². The number of benzene rings is 1. The van der Waals surface area contributed by atoms with Crippen molar-refractivity contribution in [3.8, 4) is 0 Å². The van der Waals surface area contributed by atoms with Gasteiger partial charge in [-0.15, -0.1) is 0 Å². The molecule has 0 aliphatic heterocycles. The van der Waals surface area contributed by atoms with E-state index in [0.717, 1.165) is 18.6 Å². The third-order valence-electron chi connectivity index (χ3n) is 2.92. The predicted octanol–water partition coefficient (Wildman–Crippen LogP) is 3.05. The first-order valence-electron chi connectivity index (χ1n) is 6.48. The first-order chi connectivity index (χ1) is 9.35. The van der Waals surface area contributed by atoms with Gasteiger partial charge in [0.25, 0.3) is 0 Å². The monoisotopic (exact) mass is 288 g/mol. The molecule has 0 fully saturated rings. The second-order valence-electron chi connectivity index (χ2n) is 5.21. The lowest BCUT2D eigenvalue weighted by Crippen LogP contribution is -2.24. The minimum atomic E-state index is -1.60. The molecule has 1 aromatic rings. The molecular weight excluding hydrogens is 269 g/mol. The summed E-state index contributed by atoms with van der Waals surface area (Å²) in [6.07, 6.45) is 0.886. The number of hydrogen-bond acceptors (Lipinski definition) is 2. The van der Waals surface area contributed by atoms with Crippen LogP contribution in [0.1, 0.15) is 26.7 Å². The van der Waals surface area contributed by atoms with Crippen LogP contribution in [0.4, 0.5) is 18.9 Å². The first kappa shape index (κ1) is 16.5. The molecule has 112 valence electrons. The fourth-order valence-corrected chi connectivity index (χ4v) is 2.02. The van der Waals surface area contributed by atoms with Crippen molar-refractivity contribution in [1.29, 1.82) is 0 Å². The summed E-state index contributed by atoms with van der Waals surface area (Å²) in [4.78, 5) is 11.8. The van der Waals surface area contributed by atoms with Crippen molar-refractivity contribution in [1.82, 2.24) is 0 Å². The highest BCUT2D eigenvalue weighted by Crippen LogP contribution is 2.21. The van der Waals surface area contributed by atoms with Crippen LogP contribution in [0.3, 0.4) is 0 Å². The van der Waals surface area contributed by atoms with Gasteiger partial charge in [0.1, 0.15) is 0 Å². The third kappa shape index (κ3) is 4.52. The van der Waals surface area contributed by atoms with Gasteiger partial charge in [0.15, 0.2) is 17.5 Å². The van der Waals surface area contributed by atoms with E-state index in [-0.39, 0.29) is 18.0 Å². The smallest absolute Gasteiger partial charge is 0.224 e. The molecule has 0 heterocycles. The van der Waals surface area contributed by atoms with Crippen LogP contribution in [0.5, 0.6) is 0 Å². The first-order valence-corrected chi connectivity index (χ1v) is 6.48. The molecule has 0 aliphatic rings. The lowest BCUT2D eigenvalue weighted by Gasteiger charge is -2.16. The lowest BCUT2D eigenvalue weighted by atomic mass is 9.94. The minimum absolute atomic E-state index is 0.0247. The maximum atomic E-state index is 13.4. The van der Waals surface area contributed by atoms with Crippen molar-refractivity contribution in [3.05, 3.63) is 29.6 Å². The van der Waals surface area contributed by atoms with Crippen LogP contribution in [0.2, 0.25) is 0 Å². The minimum Gasteiger partial charge on any atom is -0.330 e. The van der Waals surface area contributed by atoms with Gasteiger partial charge in [0.2, 0.25) is 5.91 Å². The molecule has 6 heteroatoms. The number of carbonyl (C=O) groups is 1. The Kier molecular flexibility index (Phi) is 6.01. The zero-order valence-corrected chi connectivity index (χ0v) is 11.6. The average molecular weight is 288 g/mol. The van der Waals surface area contributed by atoms with Gasteiger partial charge in [-0.25, -0.2) is 13.2 Å². The van der Waals surface area contributed by atoms with E-state index in [1.165, 1.54) is 0 Å². The zero-order valence-electron chi connectivity index (χ0n) is 11.6. The average Bonchev–Trinajstić information content (AvgIpc) is 2.38. The molecule has 1 unspecified atom stereocenters. The molecule has 3 N–H and O–H groups in total. The van der Waals surface area contributed by atoms with Gasteiger partial charge in [0.05, 0.1) is 5.69 Å². The SMILES string of the molecule is CC(C)CC(CN)CC(=O)Nc1ccc(F)c(F)c1F. The van der Waals surface area contributed by atoms with Crippen molar-refractivity contribution in [2.75, 3.05) is 11.9 Å². The molecular formula is C14H19F3N2O. The topological polar surface area (TPSA) is 55.1 Å². The standard InChI is InChI=1S/C14H19F3N2O/c1-8(2)5-9(7-18)6-12(20)19-11-4-3-10(15)13(16)14(11)17/h3-4,8-9H,5-7,18H2,1-2H3,(H,19,20). The van der Waals surface area contributed by atoms with E-state index in [0.29, 0.717) is 12.5 Å². The molecule has 0 bridgehead atoms. The van der Waals surface area contributed by atoms with Crippen LogP contribution in [-0.2, 0) is 4.79 Å². The van der Waals surface area contributed by atoms with Gasteiger partial charge < -0.3 is 11.1 Å². The Balaban J connectivity index is 2.69. The molecule has 1 amide bonds. The Bertz CT molecular complexity index is 478. The summed E-state index contributed by atoms with van der Waals surface area (Å²) in [7, 11) is 0. The van der Waals surface area contributed by atoms with Crippen molar-refractivity contribution in [3.63, 3.8) is 0 Å². The van der Waals surface area contributed by atoms with Crippen LogP contribution >= 0.6 is 0 Å². The molecule has 0 radical (unpaired) electrons. The Labute approximate surface area is 116 Å². The number of hydrogen-bond donors (Lipinski definition) is 2. The molecule has 0 aliphatic carbocycles. The lowest BCUT2D eigenvalue weighted by molar-refractivity contribution is -0.117. The Morgan fingerprint density at radius 1 is 1.25 bits per heavy atom. The molecule has 0 spiro atoms. The molecule has 20 heavy (non-hydrogen) atoms. The van der Waals surface area contributed by atoms with Crippen molar-refractivity contribution in [2.45, 2.75) is 26.7 Å². The highest BCUT2D eigenvalue weighted by molar-refractivity contribution is 5.91. The Morgan fingerprint density at radius 2 is 1.90 bits per heavy atom. The molecule has 1 aromatic carbocycles. The Hall–Kier alpha value is -1.56. The van der Waals surface area contributed by atoms with Gasteiger partial charge >= 0.3 is 0 Å². The summed E-state index contributed by atoms with van der Waals surface area (Å²) in [5.41, 5.74) is 5.21. The summed E-state index contributed by atoms with van der Waals surface area (Å²) >= 11 is 0. The molecule has 1 rings (SSSR count). The molecule has 3 nitrogen and oxygen atoms in total. The predicted molar refractivity (Wildman–Crippen MR) is 71.6 cm³/mol. The van der Waals surface area contributed by atoms with Crippen molar-refractivity contribution >= 4 is 11.6 Å². The van der Waals surface area contributed by atoms with Crippen molar-refractivity contribution < 1.29 is 18.0 Å². The normalized spacial score (nSPS) is 12.6. The van der Waals surface area contributed by atoms with Crippen LogP contribution < -0.4 is 11.1 Å². The number of nitrogens with two attached hydrogens (primary N) is 1. The van der Waals surface area contributed by atoms with E-state index in [2.05, 4.69) is 5.32 Å². The van der Waals surface area contributed by atoms with Gasteiger partial charge in [-0.1, -0.05) is 13.8 Å². The van der Waals surface area contributed by atoms with Gasteiger partial charge in [-0.05, 0) is 36.9 Å². The van der Waals surface area contributed by atoms with E-state index < -0.39 is 23.4 Å². The van der Waals surface area contributed by atoms with Gasteiger partial charge in [0, 0.05) is 6.42 Å². The maximum absolute atomic E-state index is 13.4. The summed E-state index contributed by atoms with van der Waals surface area (Å²) < 4.78 is 39.2. The number of halogens is 3. The fourth-order valence-electron chi connectivity index (χ4n) is 2.02. The van der Waals surface area contributed by atoms with Gasteiger partial charge in [-0.2, -0.15) is 0 Å².